The van der Waals surface area contributed by atoms with Gasteiger partial charge in [-0.3, -0.25) is 9.69 Å². The Labute approximate surface area is 129 Å². The number of carboxylic acid groups (broad SMARTS) is 1. The Morgan fingerprint density at radius 1 is 1.24 bits per heavy atom. The van der Waals surface area contributed by atoms with Gasteiger partial charge in [0.15, 0.2) is 0 Å². The topological polar surface area (TPSA) is 40.5 Å². The zero-order valence-electron chi connectivity index (χ0n) is 12.5. The van der Waals surface area contributed by atoms with E-state index in [1.807, 2.05) is 24.3 Å². The molecule has 0 amide bonds. The number of carbonyl (C=O) groups is 1. The van der Waals surface area contributed by atoms with Crippen LogP contribution in [0.2, 0.25) is 0 Å². The van der Waals surface area contributed by atoms with Gasteiger partial charge in [-0.1, -0.05) is 30.3 Å². The summed E-state index contributed by atoms with van der Waals surface area (Å²) in [5.74, 6) is -0.788. The molecule has 1 aromatic heterocycles. The molecule has 3 nitrogen and oxygen atoms in total. The van der Waals surface area contributed by atoms with Gasteiger partial charge < -0.3 is 5.11 Å². The molecule has 1 unspecified atom stereocenters. The van der Waals surface area contributed by atoms with Crippen molar-refractivity contribution in [3.63, 3.8) is 0 Å². The molecule has 1 heterocycles. The minimum absolute atomic E-state index is 0.0882. The monoisotopic (exact) mass is 303 g/mol. The number of aliphatic carboxylic acids is 1. The Bertz CT molecular complexity index is 563. The van der Waals surface area contributed by atoms with Gasteiger partial charge in [-0.05, 0) is 43.0 Å². The highest BCUT2D eigenvalue weighted by molar-refractivity contribution is 7.09. The van der Waals surface area contributed by atoms with Crippen molar-refractivity contribution in [2.75, 3.05) is 7.05 Å². The van der Waals surface area contributed by atoms with Crippen molar-refractivity contribution in [1.29, 1.82) is 0 Å². The van der Waals surface area contributed by atoms with Crippen LogP contribution in [0.3, 0.4) is 0 Å². The van der Waals surface area contributed by atoms with Crippen molar-refractivity contribution >= 4 is 17.3 Å². The molecule has 21 heavy (non-hydrogen) atoms. The summed E-state index contributed by atoms with van der Waals surface area (Å²) in [6.45, 7) is 3.11. The number of nitrogens with zero attached hydrogens (tertiary/aromatic N) is 1. The summed E-state index contributed by atoms with van der Waals surface area (Å²) in [5, 5.41) is 10.9. The maximum Gasteiger partial charge on any atom is 0.307 e. The van der Waals surface area contributed by atoms with Crippen LogP contribution in [0, 0.1) is 0 Å². The van der Waals surface area contributed by atoms with Crippen LogP contribution in [0.1, 0.15) is 22.9 Å². The molecular formula is C17H21NO2S. The lowest BCUT2D eigenvalue weighted by atomic mass is 10.1. The normalized spacial score (nSPS) is 12.5. The van der Waals surface area contributed by atoms with E-state index in [2.05, 4.69) is 36.4 Å². The fourth-order valence-electron chi connectivity index (χ4n) is 2.26. The van der Waals surface area contributed by atoms with Crippen molar-refractivity contribution in [3.05, 3.63) is 57.8 Å². The summed E-state index contributed by atoms with van der Waals surface area (Å²) in [7, 11) is 2.13. The average molecular weight is 303 g/mol. The summed E-state index contributed by atoms with van der Waals surface area (Å²) in [4.78, 5) is 14.4. The molecule has 2 aromatic rings. The second-order valence-corrected chi connectivity index (χ2v) is 6.47. The molecule has 0 radical (unpaired) electrons. The van der Waals surface area contributed by atoms with Gasteiger partial charge in [0, 0.05) is 17.5 Å². The molecular weight excluding hydrogens is 282 g/mol. The summed E-state index contributed by atoms with van der Waals surface area (Å²) >= 11 is 1.80. The highest BCUT2D eigenvalue weighted by Gasteiger charge is 2.11. The molecule has 2 rings (SSSR count). The number of rotatable bonds is 7. The van der Waals surface area contributed by atoms with Crippen molar-refractivity contribution in [1.82, 2.24) is 4.90 Å². The van der Waals surface area contributed by atoms with Gasteiger partial charge in [-0.2, -0.15) is 0 Å². The molecule has 0 saturated carbocycles. The maximum atomic E-state index is 10.7. The number of benzene rings is 1. The average Bonchev–Trinajstić information content (AvgIpc) is 2.93. The smallest absolute Gasteiger partial charge is 0.307 e. The van der Waals surface area contributed by atoms with Gasteiger partial charge in [0.1, 0.15) is 0 Å². The van der Waals surface area contributed by atoms with Crippen molar-refractivity contribution in [2.24, 2.45) is 0 Å². The zero-order valence-corrected chi connectivity index (χ0v) is 13.3. The minimum Gasteiger partial charge on any atom is -0.481 e. The third-order valence-electron chi connectivity index (χ3n) is 3.64. The first-order valence-electron chi connectivity index (χ1n) is 7.07. The van der Waals surface area contributed by atoms with Crippen LogP contribution in [-0.2, 0) is 24.2 Å². The molecule has 4 heteroatoms. The van der Waals surface area contributed by atoms with Crippen LogP contribution < -0.4 is 0 Å². The van der Waals surface area contributed by atoms with Crippen molar-refractivity contribution in [3.8, 4) is 0 Å². The Morgan fingerprint density at radius 2 is 1.90 bits per heavy atom. The van der Waals surface area contributed by atoms with Crippen LogP contribution in [0.15, 0.2) is 41.8 Å². The lowest BCUT2D eigenvalue weighted by Gasteiger charge is -2.24. The molecule has 0 spiro atoms. The van der Waals surface area contributed by atoms with Crippen LogP contribution in [-0.4, -0.2) is 29.1 Å². The van der Waals surface area contributed by atoms with Crippen molar-refractivity contribution in [2.45, 2.75) is 32.4 Å². The largest absolute Gasteiger partial charge is 0.481 e. The highest BCUT2D eigenvalue weighted by atomic mass is 32.1. The van der Waals surface area contributed by atoms with Gasteiger partial charge in [0.2, 0.25) is 0 Å². The summed E-state index contributed by atoms with van der Waals surface area (Å²) < 4.78 is 0. The van der Waals surface area contributed by atoms with Gasteiger partial charge in [0.25, 0.3) is 0 Å². The number of hydrogen-bond acceptors (Lipinski definition) is 3. The molecule has 0 aliphatic heterocycles. The number of likely N-dealkylation sites (N-methyl/N-ethyl adjacent to an activating group) is 1. The van der Waals surface area contributed by atoms with Gasteiger partial charge >= 0.3 is 5.97 Å². The van der Waals surface area contributed by atoms with Crippen LogP contribution in [0.25, 0.3) is 0 Å². The fraction of sp³-hybridized carbons (Fsp3) is 0.353. The quantitative estimate of drug-likeness (QED) is 0.852. The Morgan fingerprint density at radius 3 is 2.48 bits per heavy atom. The molecule has 1 N–H and O–H groups in total. The van der Waals surface area contributed by atoms with E-state index in [9.17, 15) is 4.79 Å². The van der Waals surface area contributed by atoms with E-state index in [1.54, 1.807) is 11.3 Å². The van der Waals surface area contributed by atoms with Crippen LogP contribution in [0.5, 0.6) is 0 Å². The standard InChI is InChI=1S/C17H21NO2S/c1-13(10-16-4-3-9-21-16)18(2)12-15-7-5-14(6-8-15)11-17(19)20/h3-9,13H,10-12H2,1-2H3,(H,19,20). The van der Waals surface area contributed by atoms with E-state index in [-0.39, 0.29) is 6.42 Å². The molecule has 0 fully saturated rings. The lowest BCUT2D eigenvalue weighted by Crippen LogP contribution is -2.30. The van der Waals surface area contributed by atoms with Crippen LogP contribution in [0.4, 0.5) is 0 Å². The SMILES string of the molecule is CC(Cc1cccs1)N(C)Cc1ccc(CC(=O)O)cc1. The van der Waals surface area contributed by atoms with Gasteiger partial charge in [-0.15, -0.1) is 11.3 Å². The van der Waals surface area contributed by atoms with Gasteiger partial charge in [-0.25, -0.2) is 0 Å². The lowest BCUT2D eigenvalue weighted by molar-refractivity contribution is -0.136. The Kier molecular flexibility index (Phi) is 5.53. The Balaban J connectivity index is 1.89. The predicted octanol–water partition coefficient (Wildman–Crippen LogP) is 3.44. The summed E-state index contributed by atoms with van der Waals surface area (Å²) in [6, 6.07) is 12.6. The molecule has 0 aliphatic rings. The molecule has 0 aliphatic carbocycles. The minimum atomic E-state index is -0.788. The van der Waals surface area contributed by atoms with E-state index in [4.69, 9.17) is 5.11 Å². The second kappa shape index (κ2) is 7.38. The predicted molar refractivity (Wildman–Crippen MR) is 86.7 cm³/mol. The van der Waals surface area contributed by atoms with Crippen LogP contribution >= 0.6 is 11.3 Å². The van der Waals surface area contributed by atoms with E-state index in [0.717, 1.165) is 18.5 Å². The van der Waals surface area contributed by atoms with E-state index >= 15 is 0 Å². The molecule has 1 aromatic carbocycles. The second-order valence-electron chi connectivity index (χ2n) is 5.43. The number of carboxylic acids is 1. The molecule has 1 atom stereocenters. The molecule has 0 bridgehead atoms. The first kappa shape index (κ1) is 15.7. The summed E-state index contributed by atoms with van der Waals surface area (Å²) in [6.07, 6.45) is 1.15. The third kappa shape index (κ3) is 4.99. The van der Waals surface area contributed by atoms with E-state index < -0.39 is 5.97 Å². The van der Waals surface area contributed by atoms with Crippen molar-refractivity contribution < 1.29 is 9.90 Å². The third-order valence-corrected chi connectivity index (χ3v) is 4.54. The highest BCUT2D eigenvalue weighted by Crippen LogP contribution is 2.15. The molecule has 112 valence electrons. The van der Waals surface area contributed by atoms with Gasteiger partial charge in [0.05, 0.1) is 6.42 Å². The maximum absolute atomic E-state index is 10.7. The number of hydrogen-bond donors (Lipinski definition) is 1. The first-order valence-corrected chi connectivity index (χ1v) is 7.95. The number of thiophene rings is 1. The van der Waals surface area contributed by atoms with E-state index in [0.29, 0.717) is 6.04 Å². The fourth-order valence-corrected chi connectivity index (χ4v) is 3.08. The van der Waals surface area contributed by atoms with E-state index in [1.165, 1.54) is 10.4 Å². The zero-order chi connectivity index (χ0) is 15.2. The Hall–Kier alpha value is -1.65. The molecule has 0 saturated heterocycles. The summed E-state index contributed by atoms with van der Waals surface area (Å²) in [5.41, 5.74) is 2.06. The first-order chi connectivity index (χ1) is 10.0.